The lowest BCUT2D eigenvalue weighted by atomic mass is 10.1. The van der Waals surface area contributed by atoms with Gasteiger partial charge in [-0.25, -0.2) is 0 Å². The zero-order valence-electron chi connectivity index (χ0n) is 15.9. The Labute approximate surface area is 172 Å². The third-order valence-electron chi connectivity index (χ3n) is 5.35. The van der Waals surface area contributed by atoms with E-state index in [9.17, 15) is 0 Å². The van der Waals surface area contributed by atoms with Gasteiger partial charge in [-0.3, -0.25) is 0 Å². The summed E-state index contributed by atoms with van der Waals surface area (Å²) >= 11 is 0. The number of halogens is 1. The number of hydrogen-bond donors (Lipinski definition) is 0. The summed E-state index contributed by atoms with van der Waals surface area (Å²) in [4.78, 5) is 5.84. The number of quaternary nitrogens is 1. The molecule has 3 rings (SSSR count). The van der Waals surface area contributed by atoms with Crippen molar-refractivity contribution in [3.63, 3.8) is 0 Å². The summed E-state index contributed by atoms with van der Waals surface area (Å²) in [5.41, 5.74) is 0. The van der Waals surface area contributed by atoms with Gasteiger partial charge in [-0.15, -0.1) is 0 Å². The molecule has 0 bridgehead atoms. The Bertz CT molecular complexity index is 892. The lowest BCUT2D eigenvalue weighted by molar-refractivity contribution is -0.911. The van der Waals surface area contributed by atoms with Crippen molar-refractivity contribution in [1.82, 2.24) is 0 Å². The van der Waals surface area contributed by atoms with E-state index >= 15 is 0 Å². The van der Waals surface area contributed by atoms with Gasteiger partial charge in [-0.2, -0.15) is 0 Å². The highest BCUT2D eigenvalue weighted by Gasteiger charge is 2.22. The molecule has 0 fully saturated rings. The first-order valence-electron chi connectivity index (χ1n) is 8.92. The first kappa shape index (κ1) is 20.6. The third kappa shape index (κ3) is 4.35. The molecule has 0 aliphatic rings. The summed E-state index contributed by atoms with van der Waals surface area (Å²) in [5, 5.41) is 10.0. The Morgan fingerprint density at radius 2 is 1.38 bits per heavy atom. The Morgan fingerprint density at radius 3 is 1.88 bits per heavy atom. The van der Waals surface area contributed by atoms with Gasteiger partial charge < -0.3 is 33.3 Å². The van der Waals surface area contributed by atoms with Crippen LogP contribution in [0.25, 0.3) is 21.5 Å². The number of rotatable bonds is 5. The standard InChI is InChI=1S/C22H27N2O.HI/c1-5-24(3,4)17(2)16-25-23-22-20-12-8-6-10-18(20)14-15-19-11-7-9-13-21(19)22;/h6-15,17H,5,16H2,1-4H3;1H/q+1;/p-1. The molecule has 26 heavy (non-hydrogen) atoms. The summed E-state index contributed by atoms with van der Waals surface area (Å²) < 4.78 is 0.916. The zero-order valence-corrected chi connectivity index (χ0v) is 18.1. The maximum atomic E-state index is 5.84. The van der Waals surface area contributed by atoms with Crippen molar-refractivity contribution in [2.75, 3.05) is 27.2 Å². The minimum absolute atomic E-state index is 0. The van der Waals surface area contributed by atoms with Gasteiger partial charge in [0.25, 0.3) is 0 Å². The van der Waals surface area contributed by atoms with E-state index in [1.165, 1.54) is 10.8 Å². The summed E-state index contributed by atoms with van der Waals surface area (Å²) in [6, 6.07) is 21.3. The average molecular weight is 462 g/mol. The maximum absolute atomic E-state index is 5.84. The summed E-state index contributed by atoms with van der Waals surface area (Å²) in [7, 11) is 4.45. The fourth-order valence-corrected chi connectivity index (χ4v) is 2.86. The lowest BCUT2D eigenvalue weighted by Gasteiger charge is -2.34. The fraction of sp³-hybridized carbons (Fsp3) is 0.318. The molecule has 0 aliphatic carbocycles. The van der Waals surface area contributed by atoms with Crippen LogP contribution in [0.4, 0.5) is 0 Å². The molecular formula is C22H27IN2O. The van der Waals surface area contributed by atoms with Crippen molar-refractivity contribution in [2.45, 2.75) is 19.9 Å². The molecule has 0 amide bonds. The van der Waals surface area contributed by atoms with E-state index in [4.69, 9.17) is 4.84 Å². The summed E-state index contributed by atoms with van der Waals surface area (Å²) in [6.45, 7) is 6.07. The second-order valence-electron chi connectivity index (χ2n) is 7.19. The molecule has 3 nitrogen and oxygen atoms in total. The second kappa shape index (κ2) is 8.82. The number of benzene rings is 2. The molecule has 0 N–H and O–H groups in total. The molecule has 0 saturated carbocycles. The molecule has 4 heteroatoms. The molecule has 1 atom stereocenters. The van der Waals surface area contributed by atoms with E-state index in [2.05, 4.69) is 93.8 Å². The van der Waals surface area contributed by atoms with Gasteiger partial charge in [0.1, 0.15) is 11.4 Å². The molecule has 0 heterocycles. The third-order valence-corrected chi connectivity index (χ3v) is 5.35. The van der Waals surface area contributed by atoms with Crippen LogP contribution < -0.4 is 29.3 Å². The van der Waals surface area contributed by atoms with E-state index in [0.29, 0.717) is 12.6 Å². The SMILES string of the molecule is CC[N+](C)(C)C(C)CON=c1c2ccccc2ccc2ccccc12.[I-]. The van der Waals surface area contributed by atoms with Crippen molar-refractivity contribution in [3.8, 4) is 0 Å². The van der Waals surface area contributed by atoms with Crippen LogP contribution in [0.5, 0.6) is 0 Å². The topological polar surface area (TPSA) is 21.6 Å². The van der Waals surface area contributed by atoms with E-state index in [1.807, 2.05) is 0 Å². The van der Waals surface area contributed by atoms with E-state index < -0.39 is 0 Å². The highest BCUT2D eigenvalue weighted by molar-refractivity contribution is 5.92. The number of hydrogen-bond acceptors (Lipinski definition) is 2. The van der Waals surface area contributed by atoms with Crippen LogP contribution in [-0.2, 0) is 4.84 Å². The monoisotopic (exact) mass is 462 g/mol. The highest BCUT2D eigenvalue weighted by Crippen LogP contribution is 2.15. The van der Waals surface area contributed by atoms with E-state index in [0.717, 1.165) is 27.2 Å². The summed E-state index contributed by atoms with van der Waals surface area (Å²) in [5.74, 6) is 0. The Balaban J connectivity index is 0.00000243. The van der Waals surface area contributed by atoms with Crippen LogP contribution in [0, 0.1) is 0 Å². The van der Waals surface area contributed by atoms with Crippen molar-refractivity contribution in [1.29, 1.82) is 0 Å². The van der Waals surface area contributed by atoms with Crippen LogP contribution in [-0.4, -0.2) is 37.8 Å². The molecule has 1 unspecified atom stereocenters. The predicted molar refractivity (Wildman–Crippen MR) is 105 cm³/mol. The first-order chi connectivity index (χ1) is 12.0. The molecule has 3 aromatic carbocycles. The first-order valence-corrected chi connectivity index (χ1v) is 8.92. The van der Waals surface area contributed by atoms with Gasteiger partial charge >= 0.3 is 0 Å². The van der Waals surface area contributed by atoms with Gasteiger partial charge in [0, 0.05) is 10.8 Å². The van der Waals surface area contributed by atoms with E-state index in [1.54, 1.807) is 0 Å². The summed E-state index contributed by atoms with van der Waals surface area (Å²) in [6.07, 6.45) is 0. The highest BCUT2D eigenvalue weighted by atomic mass is 127. The van der Waals surface area contributed by atoms with Gasteiger partial charge in [-0.05, 0) is 24.6 Å². The van der Waals surface area contributed by atoms with Gasteiger partial charge in [0.2, 0.25) is 0 Å². The quantitative estimate of drug-likeness (QED) is 0.319. The molecular weight excluding hydrogens is 435 g/mol. The van der Waals surface area contributed by atoms with Crippen LogP contribution in [0.3, 0.4) is 0 Å². The zero-order chi connectivity index (χ0) is 17.9. The molecule has 0 aromatic heterocycles. The van der Waals surface area contributed by atoms with Crippen LogP contribution >= 0.6 is 0 Å². The van der Waals surface area contributed by atoms with Gasteiger partial charge in [-0.1, -0.05) is 65.8 Å². The molecule has 138 valence electrons. The number of nitrogens with zero attached hydrogens (tertiary/aromatic N) is 2. The Kier molecular flexibility index (Phi) is 7.01. The predicted octanol–water partition coefficient (Wildman–Crippen LogP) is 1.31. The maximum Gasteiger partial charge on any atom is 0.168 e. The van der Waals surface area contributed by atoms with Crippen molar-refractivity contribution in [2.24, 2.45) is 5.16 Å². The molecule has 3 aromatic rings. The smallest absolute Gasteiger partial charge is 0.168 e. The molecule has 0 aliphatic heterocycles. The number of fused-ring (bicyclic) bond motifs is 2. The lowest BCUT2D eigenvalue weighted by Crippen LogP contribution is -3.00. The Hall–Kier alpha value is -1.66. The second-order valence-corrected chi connectivity index (χ2v) is 7.19. The van der Waals surface area contributed by atoms with E-state index in [-0.39, 0.29) is 24.0 Å². The van der Waals surface area contributed by atoms with Crippen molar-refractivity contribution >= 4 is 21.5 Å². The molecule has 0 radical (unpaired) electrons. The largest absolute Gasteiger partial charge is 1.00 e. The minimum atomic E-state index is 0. The van der Waals surface area contributed by atoms with Crippen LogP contribution in [0.1, 0.15) is 13.8 Å². The normalized spacial score (nSPS) is 12.5. The van der Waals surface area contributed by atoms with Crippen molar-refractivity contribution in [3.05, 3.63) is 66.0 Å². The Morgan fingerprint density at radius 1 is 0.885 bits per heavy atom. The van der Waals surface area contributed by atoms with Gasteiger partial charge in [0.05, 0.1) is 20.6 Å². The van der Waals surface area contributed by atoms with Crippen LogP contribution in [0.15, 0.2) is 65.8 Å². The fourth-order valence-electron chi connectivity index (χ4n) is 2.86. The van der Waals surface area contributed by atoms with Crippen LogP contribution in [0.2, 0.25) is 0 Å². The molecule has 0 saturated heterocycles. The molecule has 0 spiro atoms. The van der Waals surface area contributed by atoms with Crippen molar-refractivity contribution < 1.29 is 33.3 Å². The van der Waals surface area contributed by atoms with Gasteiger partial charge in [0.15, 0.2) is 6.61 Å². The minimum Gasteiger partial charge on any atom is -1.00 e. The number of likely N-dealkylation sites (N-methyl/N-ethyl adjacent to an activating group) is 1. The average Bonchev–Trinajstić information content (AvgIpc) is 2.79.